The first-order valence-electron chi connectivity index (χ1n) is 9.78. The molecular weight excluding hydrogens is 390 g/mol. The van der Waals surface area contributed by atoms with Gasteiger partial charge in [-0.15, -0.1) is 0 Å². The van der Waals surface area contributed by atoms with Gasteiger partial charge in [-0.25, -0.2) is 14.4 Å². The molecular formula is C21H27N3O6. The van der Waals surface area contributed by atoms with E-state index in [0.29, 0.717) is 12.0 Å². The van der Waals surface area contributed by atoms with Gasteiger partial charge in [0.1, 0.15) is 12.6 Å². The van der Waals surface area contributed by atoms with Crippen LogP contribution < -0.4 is 16.0 Å². The van der Waals surface area contributed by atoms with Gasteiger partial charge in [-0.05, 0) is 39.3 Å². The Kier molecular flexibility index (Phi) is 7.97. The summed E-state index contributed by atoms with van der Waals surface area (Å²) in [4.78, 5) is 48.8. The van der Waals surface area contributed by atoms with Crippen LogP contribution in [-0.2, 0) is 19.1 Å². The summed E-state index contributed by atoms with van der Waals surface area (Å²) < 4.78 is 10.3. The van der Waals surface area contributed by atoms with Crippen molar-refractivity contribution >= 4 is 23.9 Å². The molecule has 0 radical (unpaired) electrons. The van der Waals surface area contributed by atoms with Crippen molar-refractivity contribution in [3.05, 3.63) is 46.7 Å². The minimum absolute atomic E-state index is 0.162. The van der Waals surface area contributed by atoms with Crippen LogP contribution in [0.15, 0.2) is 35.5 Å². The largest absolute Gasteiger partial charge is 0.463 e. The maximum Gasteiger partial charge on any atom is 0.338 e. The van der Waals surface area contributed by atoms with Gasteiger partial charge in [-0.2, -0.15) is 0 Å². The van der Waals surface area contributed by atoms with Crippen LogP contribution in [0.1, 0.15) is 43.1 Å². The fourth-order valence-corrected chi connectivity index (χ4v) is 2.97. The number of carbonyl (C=O) groups excluding carboxylic acids is 4. The van der Waals surface area contributed by atoms with Crippen LogP contribution in [0.2, 0.25) is 0 Å². The number of benzene rings is 1. The summed E-state index contributed by atoms with van der Waals surface area (Å²) >= 11 is 0. The zero-order chi connectivity index (χ0) is 22.3. The number of ether oxygens (including phenoxy) is 2. The van der Waals surface area contributed by atoms with E-state index in [2.05, 4.69) is 16.0 Å². The molecule has 3 amide bonds. The summed E-state index contributed by atoms with van der Waals surface area (Å²) in [6, 6.07) is 4.99. The van der Waals surface area contributed by atoms with Crippen molar-refractivity contribution in [3.8, 4) is 0 Å². The molecule has 0 unspecified atom stereocenters. The lowest BCUT2D eigenvalue weighted by Crippen LogP contribution is -2.51. The molecule has 1 aliphatic heterocycles. The van der Waals surface area contributed by atoms with Crippen molar-refractivity contribution in [2.45, 2.75) is 46.2 Å². The fourth-order valence-electron chi connectivity index (χ4n) is 2.97. The molecule has 0 spiro atoms. The SMILES string of the molecule is CCOC(=O)C1=C(COC(=O)[C@H](C)NC(=O)c2cccc(C)c2)NC(=O)N[C@H]1CC. The third-order valence-corrected chi connectivity index (χ3v) is 4.49. The molecule has 0 saturated carbocycles. The highest BCUT2D eigenvalue weighted by Gasteiger charge is 2.32. The third kappa shape index (κ3) is 5.82. The van der Waals surface area contributed by atoms with Gasteiger partial charge < -0.3 is 25.4 Å². The van der Waals surface area contributed by atoms with Crippen LogP contribution in [0, 0.1) is 6.92 Å². The van der Waals surface area contributed by atoms with Gasteiger partial charge in [0, 0.05) is 5.56 Å². The van der Waals surface area contributed by atoms with E-state index in [4.69, 9.17) is 9.47 Å². The number of amides is 3. The highest BCUT2D eigenvalue weighted by Crippen LogP contribution is 2.17. The lowest BCUT2D eigenvalue weighted by atomic mass is 10.0. The first kappa shape index (κ1) is 22.9. The number of urea groups is 1. The number of esters is 2. The second-order valence-corrected chi connectivity index (χ2v) is 6.84. The highest BCUT2D eigenvalue weighted by molar-refractivity contribution is 5.97. The fraction of sp³-hybridized carbons (Fsp3) is 0.429. The zero-order valence-corrected chi connectivity index (χ0v) is 17.5. The Morgan fingerprint density at radius 3 is 2.57 bits per heavy atom. The molecule has 9 nitrogen and oxygen atoms in total. The average molecular weight is 417 g/mol. The molecule has 1 aromatic carbocycles. The van der Waals surface area contributed by atoms with E-state index < -0.39 is 36.0 Å². The average Bonchev–Trinajstić information content (AvgIpc) is 2.71. The van der Waals surface area contributed by atoms with Crippen molar-refractivity contribution in [2.75, 3.05) is 13.2 Å². The van der Waals surface area contributed by atoms with Crippen LogP contribution in [-0.4, -0.2) is 49.2 Å². The molecule has 1 aliphatic rings. The van der Waals surface area contributed by atoms with E-state index in [1.54, 1.807) is 25.1 Å². The standard InChI is InChI=1S/C21H27N3O6/c1-5-15-17(20(27)29-6-2)16(24-21(28)23-15)11-30-19(26)13(4)22-18(25)14-9-7-8-12(3)10-14/h7-10,13,15H,5-6,11H2,1-4H3,(H,22,25)(H2,23,24,28)/t13-,15-/m0/s1. The Morgan fingerprint density at radius 2 is 1.93 bits per heavy atom. The molecule has 0 bridgehead atoms. The Labute approximate surface area is 175 Å². The molecule has 1 aromatic rings. The summed E-state index contributed by atoms with van der Waals surface area (Å²) in [7, 11) is 0. The highest BCUT2D eigenvalue weighted by atomic mass is 16.5. The molecule has 30 heavy (non-hydrogen) atoms. The minimum atomic E-state index is -0.927. The van der Waals surface area contributed by atoms with E-state index in [-0.39, 0.29) is 24.5 Å². The minimum Gasteiger partial charge on any atom is -0.463 e. The zero-order valence-electron chi connectivity index (χ0n) is 17.5. The normalized spacial score (nSPS) is 16.8. The second-order valence-electron chi connectivity index (χ2n) is 6.84. The number of hydrogen-bond acceptors (Lipinski definition) is 6. The molecule has 2 atom stereocenters. The molecule has 0 fully saturated rings. The number of hydrogen-bond donors (Lipinski definition) is 3. The van der Waals surface area contributed by atoms with E-state index in [0.717, 1.165) is 5.56 Å². The number of carbonyl (C=O) groups is 4. The van der Waals surface area contributed by atoms with Crippen molar-refractivity contribution in [1.29, 1.82) is 0 Å². The number of rotatable bonds is 8. The summed E-state index contributed by atoms with van der Waals surface area (Å²) in [6.07, 6.45) is 0.460. The smallest absolute Gasteiger partial charge is 0.338 e. The Hall–Kier alpha value is -3.36. The summed E-state index contributed by atoms with van der Waals surface area (Å²) in [5, 5.41) is 7.71. The summed E-state index contributed by atoms with van der Waals surface area (Å²) in [6.45, 7) is 6.67. The quantitative estimate of drug-likeness (QED) is 0.552. The van der Waals surface area contributed by atoms with Crippen molar-refractivity contribution < 1.29 is 28.7 Å². The van der Waals surface area contributed by atoms with Crippen LogP contribution in [0.25, 0.3) is 0 Å². The monoisotopic (exact) mass is 417 g/mol. The van der Waals surface area contributed by atoms with Gasteiger partial charge in [-0.1, -0.05) is 24.6 Å². The first-order chi connectivity index (χ1) is 14.3. The van der Waals surface area contributed by atoms with Gasteiger partial charge in [-0.3, -0.25) is 4.79 Å². The first-order valence-corrected chi connectivity index (χ1v) is 9.78. The van der Waals surface area contributed by atoms with Crippen LogP contribution in [0.5, 0.6) is 0 Å². The van der Waals surface area contributed by atoms with Gasteiger partial charge in [0.25, 0.3) is 5.91 Å². The van der Waals surface area contributed by atoms with E-state index >= 15 is 0 Å². The predicted molar refractivity (Wildman–Crippen MR) is 108 cm³/mol. The molecule has 9 heteroatoms. The maximum atomic E-state index is 12.4. The molecule has 0 aliphatic carbocycles. The molecule has 0 saturated heterocycles. The van der Waals surface area contributed by atoms with Gasteiger partial charge >= 0.3 is 18.0 Å². The van der Waals surface area contributed by atoms with Gasteiger partial charge in [0.2, 0.25) is 0 Å². The number of nitrogens with one attached hydrogen (secondary N) is 3. The molecule has 2 rings (SSSR count). The third-order valence-electron chi connectivity index (χ3n) is 4.49. The Morgan fingerprint density at radius 1 is 1.20 bits per heavy atom. The predicted octanol–water partition coefficient (Wildman–Crippen LogP) is 1.57. The maximum absolute atomic E-state index is 12.4. The Balaban J connectivity index is 2.06. The molecule has 0 aromatic heterocycles. The van der Waals surface area contributed by atoms with Crippen LogP contribution >= 0.6 is 0 Å². The topological polar surface area (TPSA) is 123 Å². The second kappa shape index (κ2) is 10.4. The van der Waals surface area contributed by atoms with Crippen LogP contribution in [0.3, 0.4) is 0 Å². The van der Waals surface area contributed by atoms with Crippen molar-refractivity contribution in [1.82, 2.24) is 16.0 Å². The molecule has 162 valence electrons. The van der Waals surface area contributed by atoms with Gasteiger partial charge in [0.05, 0.1) is 23.9 Å². The van der Waals surface area contributed by atoms with E-state index in [1.807, 2.05) is 19.9 Å². The molecule has 3 N–H and O–H groups in total. The van der Waals surface area contributed by atoms with Crippen molar-refractivity contribution in [3.63, 3.8) is 0 Å². The van der Waals surface area contributed by atoms with E-state index in [9.17, 15) is 19.2 Å². The van der Waals surface area contributed by atoms with E-state index in [1.165, 1.54) is 6.92 Å². The lowest BCUT2D eigenvalue weighted by Gasteiger charge is -2.28. The number of aryl methyl sites for hydroxylation is 1. The Bertz CT molecular complexity index is 864. The lowest BCUT2D eigenvalue weighted by molar-refractivity contribution is -0.145. The van der Waals surface area contributed by atoms with Crippen molar-refractivity contribution in [2.24, 2.45) is 0 Å². The summed E-state index contributed by atoms with van der Waals surface area (Å²) in [5.41, 5.74) is 1.72. The van der Waals surface area contributed by atoms with Crippen LogP contribution in [0.4, 0.5) is 4.79 Å². The van der Waals surface area contributed by atoms with Gasteiger partial charge in [0.15, 0.2) is 0 Å². The summed E-state index contributed by atoms with van der Waals surface area (Å²) in [5.74, 6) is -1.70. The molecule has 1 heterocycles.